The minimum atomic E-state index is 0.900. The fraction of sp³-hybridized carbons (Fsp3) is 0.875. The Bertz CT molecular complexity index is 49.1. The Morgan fingerprint density at radius 3 is 3.00 bits per heavy atom. The fourth-order valence-corrected chi connectivity index (χ4v) is 1.31. The van der Waals surface area contributed by atoms with Gasteiger partial charge in [-0.3, -0.25) is 0 Å². The van der Waals surface area contributed by atoms with Gasteiger partial charge in [-0.1, -0.05) is 32.6 Å². The maximum atomic E-state index is 2.47. The van der Waals surface area contributed by atoms with Gasteiger partial charge in [-0.15, -0.1) is 0 Å². The fourth-order valence-electron chi connectivity index (χ4n) is 1.31. The van der Waals surface area contributed by atoms with E-state index in [0.29, 0.717) is 0 Å². The average Bonchev–Trinajstić information content (AvgIpc) is 1.94. The molecule has 1 rings (SSSR count). The van der Waals surface area contributed by atoms with Crippen LogP contribution in [0.1, 0.15) is 39.0 Å². The van der Waals surface area contributed by atoms with Crippen LogP contribution in [-0.4, -0.2) is 0 Å². The first-order valence-electron chi connectivity index (χ1n) is 3.73. The minimum Gasteiger partial charge on any atom is -0.0622 e. The molecular formula is C8H15. The van der Waals surface area contributed by atoms with E-state index in [1.165, 1.54) is 32.1 Å². The van der Waals surface area contributed by atoms with Crippen LogP contribution in [0.3, 0.4) is 0 Å². The van der Waals surface area contributed by atoms with Crippen LogP contribution >= 0.6 is 0 Å². The average molecular weight is 111 g/mol. The van der Waals surface area contributed by atoms with Crippen LogP contribution in [-0.2, 0) is 0 Å². The smallest absolute Gasteiger partial charge is 0.0358 e. The van der Waals surface area contributed by atoms with Crippen molar-refractivity contribution < 1.29 is 0 Å². The molecule has 8 heavy (non-hydrogen) atoms. The van der Waals surface area contributed by atoms with Crippen molar-refractivity contribution in [1.82, 2.24) is 0 Å². The monoisotopic (exact) mass is 111 g/mol. The lowest BCUT2D eigenvalue weighted by Gasteiger charge is -2.02. The van der Waals surface area contributed by atoms with Crippen molar-refractivity contribution in [1.29, 1.82) is 0 Å². The van der Waals surface area contributed by atoms with Crippen molar-refractivity contribution in [3.63, 3.8) is 0 Å². The normalized spacial score (nSPS) is 25.1. The number of hydrogen-bond donors (Lipinski definition) is 0. The molecule has 1 radical (unpaired) electrons. The zero-order valence-corrected chi connectivity index (χ0v) is 5.69. The molecule has 1 aliphatic carbocycles. The van der Waals surface area contributed by atoms with E-state index in [4.69, 9.17) is 0 Å². The van der Waals surface area contributed by atoms with Crippen molar-refractivity contribution >= 4 is 0 Å². The standard InChI is InChI=1S/C8H15/c1-8-6-4-2-3-5-7-8/h6,8H,2-5,7H2,1H3. The molecule has 0 nitrogen and oxygen atoms in total. The van der Waals surface area contributed by atoms with Crippen LogP contribution in [0.4, 0.5) is 0 Å². The third-order valence-electron chi connectivity index (χ3n) is 1.93. The summed E-state index contributed by atoms with van der Waals surface area (Å²) in [5.41, 5.74) is 0. The number of hydrogen-bond acceptors (Lipinski definition) is 0. The highest BCUT2D eigenvalue weighted by atomic mass is 14.1. The second kappa shape index (κ2) is 3.11. The van der Waals surface area contributed by atoms with Gasteiger partial charge in [0, 0.05) is 0 Å². The van der Waals surface area contributed by atoms with E-state index >= 15 is 0 Å². The van der Waals surface area contributed by atoms with Crippen LogP contribution in [0.25, 0.3) is 0 Å². The van der Waals surface area contributed by atoms with Gasteiger partial charge in [-0.05, 0) is 18.8 Å². The molecule has 0 aromatic heterocycles. The maximum absolute atomic E-state index is 2.47. The second-order valence-corrected chi connectivity index (χ2v) is 2.85. The molecule has 0 aromatic carbocycles. The molecule has 0 heterocycles. The first-order chi connectivity index (χ1) is 3.89. The summed E-state index contributed by atoms with van der Waals surface area (Å²) in [7, 11) is 0. The Morgan fingerprint density at radius 2 is 2.12 bits per heavy atom. The summed E-state index contributed by atoms with van der Waals surface area (Å²) in [6, 6.07) is 0. The van der Waals surface area contributed by atoms with Gasteiger partial charge in [0.05, 0.1) is 0 Å². The van der Waals surface area contributed by atoms with Crippen molar-refractivity contribution in [3.8, 4) is 0 Å². The molecule has 0 bridgehead atoms. The molecule has 0 aromatic rings. The van der Waals surface area contributed by atoms with Crippen LogP contribution < -0.4 is 0 Å². The van der Waals surface area contributed by atoms with Gasteiger partial charge in [0.2, 0.25) is 0 Å². The Hall–Kier alpha value is 0. The highest BCUT2D eigenvalue weighted by molar-refractivity contribution is 4.75. The first-order valence-corrected chi connectivity index (χ1v) is 3.73. The molecule has 1 unspecified atom stereocenters. The number of rotatable bonds is 0. The summed E-state index contributed by atoms with van der Waals surface area (Å²) in [4.78, 5) is 0. The lowest BCUT2D eigenvalue weighted by molar-refractivity contribution is 0.592. The molecule has 0 N–H and O–H groups in total. The summed E-state index contributed by atoms with van der Waals surface area (Å²) in [6.07, 6.45) is 9.61. The van der Waals surface area contributed by atoms with Gasteiger partial charge in [-0.2, -0.15) is 0 Å². The van der Waals surface area contributed by atoms with Crippen molar-refractivity contribution in [2.24, 2.45) is 5.92 Å². The molecule has 0 amide bonds. The summed E-state index contributed by atoms with van der Waals surface area (Å²) in [5, 5.41) is 0. The van der Waals surface area contributed by atoms with Crippen LogP contribution in [0.5, 0.6) is 0 Å². The molecule has 1 saturated carbocycles. The van der Waals surface area contributed by atoms with Crippen LogP contribution in [0, 0.1) is 12.3 Å². The van der Waals surface area contributed by atoms with Gasteiger partial charge < -0.3 is 0 Å². The molecule has 1 atom stereocenters. The van der Waals surface area contributed by atoms with E-state index in [-0.39, 0.29) is 0 Å². The molecule has 0 saturated heterocycles. The lowest BCUT2D eigenvalue weighted by atomic mass is 10.0. The van der Waals surface area contributed by atoms with Crippen molar-refractivity contribution in [2.75, 3.05) is 0 Å². The largest absolute Gasteiger partial charge is 0.0622 e. The lowest BCUT2D eigenvalue weighted by Crippen LogP contribution is -1.89. The first kappa shape index (κ1) is 6.12. The zero-order chi connectivity index (χ0) is 5.82. The quantitative estimate of drug-likeness (QED) is 0.422. The van der Waals surface area contributed by atoms with E-state index < -0.39 is 0 Å². The molecular weight excluding hydrogens is 96.1 g/mol. The van der Waals surface area contributed by atoms with E-state index in [9.17, 15) is 0 Å². The second-order valence-electron chi connectivity index (χ2n) is 2.85. The summed E-state index contributed by atoms with van der Waals surface area (Å²) < 4.78 is 0. The summed E-state index contributed by atoms with van der Waals surface area (Å²) in [5.74, 6) is 0.900. The molecule has 1 fully saturated rings. The SMILES string of the molecule is CC1[CH]CCCCC1. The molecule has 0 aliphatic heterocycles. The van der Waals surface area contributed by atoms with E-state index in [2.05, 4.69) is 13.3 Å². The predicted molar refractivity (Wildman–Crippen MR) is 36.5 cm³/mol. The Labute approximate surface area is 52.3 Å². The van der Waals surface area contributed by atoms with Gasteiger partial charge in [0.1, 0.15) is 0 Å². The third kappa shape index (κ3) is 1.85. The van der Waals surface area contributed by atoms with Crippen LogP contribution in [0.2, 0.25) is 0 Å². The third-order valence-corrected chi connectivity index (χ3v) is 1.93. The summed E-state index contributed by atoms with van der Waals surface area (Å²) >= 11 is 0. The maximum Gasteiger partial charge on any atom is -0.0358 e. The van der Waals surface area contributed by atoms with E-state index in [1.807, 2.05) is 0 Å². The van der Waals surface area contributed by atoms with Crippen LogP contribution in [0.15, 0.2) is 0 Å². The van der Waals surface area contributed by atoms with Gasteiger partial charge in [0.15, 0.2) is 0 Å². The van der Waals surface area contributed by atoms with E-state index in [0.717, 1.165) is 5.92 Å². The Balaban J connectivity index is 2.17. The molecule has 47 valence electrons. The molecule has 0 heteroatoms. The van der Waals surface area contributed by atoms with Crippen molar-refractivity contribution in [2.45, 2.75) is 39.0 Å². The Kier molecular flexibility index (Phi) is 2.38. The van der Waals surface area contributed by atoms with Gasteiger partial charge in [0.25, 0.3) is 0 Å². The topological polar surface area (TPSA) is 0 Å². The van der Waals surface area contributed by atoms with Gasteiger partial charge in [-0.25, -0.2) is 0 Å². The summed E-state index contributed by atoms with van der Waals surface area (Å²) in [6.45, 7) is 2.32. The zero-order valence-electron chi connectivity index (χ0n) is 5.69. The predicted octanol–water partition coefficient (Wildman–Crippen LogP) is 2.79. The van der Waals surface area contributed by atoms with E-state index in [1.54, 1.807) is 0 Å². The Morgan fingerprint density at radius 1 is 1.25 bits per heavy atom. The minimum absolute atomic E-state index is 0.900. The highest BCUT2D eigenvalue weighted by Gasteiger charge is 2.05. The molecule has 1 aliphatic rings. The molecule has 0 spiro atoms. The van der Waals surface area contributed by atoms with Crippen molar-refractivity contribution in [3.05, 3.63) is 6.42 Å². The van der Waals surface area contributed by atoms with Gasteiger partial charge >= 0.3 is 0 Å². The highest BCUT2D eigenvalue weighted by Crippen LogP contribution is 2.20.